The number of hydrogen-bond donors (Lipinski definition) is 4. The van der Waals surface area contributed by atoms with Gasteiger partial charge in [0, 0.05) is 43.6 Å². The molecule has 3 aliphatic rings. The molecule has 2 aliphatic carbocycles. The molecular formula is C24H31FN8O4. The molecule has 13 heteroatoms. The smallest absolute Gasteiger partial charge is 0.291 e. The van der Waals surface area contributed by atoms with Gasteiger partial charge in [0.05, 0.1) is 12.1 Å². The molecule has 0 spiro atoms. The van der Waals surface area contributed by atoms with Crippen LogP contribution in [0.5, 0.6) is 0 Å². The summed E-state index contributed by atoms with van der Waals surface area (Å²) in [6, 6.07) is 5.88. The summed E-state index contributed by atoms with van der Waals surface area (Å²) in [5, 5.41) is 20.0. The minimum absolute atomic E-state index is 0.0791. The van der Waals surface area contributed by atoms with Crippen molar-refractivity contribution >= 4 is 29.0 Å². The highest BCUT2D eigenvalue weighted by Crippen LogP contribution is 2.45. The molecule has 5 N–H and O–H groups in total. The van der Waals surface area contributed by atoms with Gasteiger partial charge in [-0.25, -0.2) is 9.37 Å². The third kappa shape index (κ3) is 6.05. The maximum Gasteiger partial charge on any atom is 0.291 e. The van der Waals surface area contributed by atoms with Gasteiger partial charge in [-0.2, -0.15) is 4.98 Å². The molecule has 2 bridgehead atoms. The number of aryl methyl sites for hydroxylation is 1. The number of halogens is 1. The predicted molar refractivity (Wildman–Crippen MR) is 136 cm³/mol. The number of aromatic nitrogens is 2. The molecule has 5 rings (SSSR count). The molecule has 2 fully saturated rings. The number of amides is 1. The first-order chi connectivity index (χ1) is 17.6. The van der Waals surface area contributed by atoms with Crippen LogP contribution in [0.25, 0.3) is 0 Å². The fraction of sp³-hybridized carbons (Fsp3) is 0.458. The number of hydrogen-bond acceptors (Lipinski definition) is 9. The van der Waals surface area contributed by atoms with Gasteiger partial charge in [0.2, 0.25) is 11.9 Å². The lowest BCUT2D eigenvalue weighted by atomic mass is 9.88. The average Bonchev–Trinajstić information content (AvgIpc) is 3.44. The number of likely N-dealkylation sites (N-methyl/N-ethyl adjacent to an activating group) is 1. The second kappa shape index (κ2) is 10.9. The molecule has 0 radical (unpaired) electrons. The first-order valence-corrected chi connectivity index (χ1v) is 12.0. The lowest BCUT2D eigenvalue weighted by molar-refractivity contribution is -0.742. The molecule has 2 heterocycles. The highest BCUT2D eigenvalue weighted by molar-refractivity contribution is 5.79. The van der Waals surface area contributed by atoms with Crippen molar-refractivity contribution in [2.24, 2.45) is 23.5 Å². The lowest BCUT2D eigenvalue weighted by Gasteiger charge is -2.35. The van der Waals surface area contributed by atoms with Crippen molar-refractivity contribution in [3.8, 4) is 0 Å². The number of carbonyl (C=O) groups excluding carboxylic acids is 1. The number of fused-ring (bicyclic) bond motifs is 2. The number of nitrogens with two attached hydrogens (primary N) is 1. The minimum atomic E-state index is -1.50. The Morgan fingerprint density at radius 1 is 1.24 bits per heavy atom. The predicted octanol–water partition coefficient (Wildman–Crippen LogP) is 2.16. The minimum Gasteiger partial charge on any atom is -0.369 e. The topological polar surface area (TPSA) is 163 Å². The van der Waals surface area contributed by atoms with E-state index in [0.717, 1.165) is 50.0 Å². The molecule has 4 atom stereocenters. The molecule has 1 aliphatic heterocycles. The molecule has 1 amide bonds. The van der Waals surface area contributed by atoms with Crippen LogP contribution >= 0.6 is 0 Å². The number of primary amides is 1. The largest absolute Gasteiger partial charge is 0.369 e. The highest BCUT2D eigenvalue weighted by atomic mass is 19.1. The standard InChI is InChI=1S/C24H30FN7O.HNO3/c1-14-11-17(5-6-19(14)32-9-7-31(2)8-10-32)28-24-27-13-18(25)23(30-24)29-21-16-4-3-15(12-16)20(21)22(26)33;2-1(3)4/h3-6,11,13,15-16,20-21H,7-10,12H2,1-2H3,(H2,26,33)(H2,27,28,29,30);(H,2,3,4)/t15-,16+,20+,21-;/m1./s1. The second-order valence-electron chi connectivity index (χ2n) is 9.59. The van der Waals surface area contributed by atoms with Gasteiger partial charge in [-0.1, -0.05) is 12.2 Å². The Labute approximate surface area is 213 Å². The molecule has 1 aromatic heterocycles. The number of nitrogens with zero attached hydrogens (tertiary/aromatic N) is 5. The van der Waals surface area contributed by atoms with Crippen molar-refractivity contribution < 1.29 is 19.5 Å². The number of rotatable bonds is 6. The number of piperazine rings is 1. The normalized spacial score (nSPS) is 24.4. The molecule has 1 saturated carbocycles. The van der Waals surface area contributed by atoms with E-state index in [4.69, 9.17) is 21.1 Å². The van der Waals surface area contributed by atoms with Crippen molar-refractivity contribution in [1.82, 2.24) is 14.9 Å². The third-order valence-electron chi connectivity index (χ3n) is 7.13. The molecule has 1 saturated heterocycles. The first kappa shape index (κ1) is 26.1. The van der Waals surface area contributed by atoms with Crippen LogP contribution in [-0.4, -0.2) is 70.3 Å². The molecule has 37 heavy (non-hydrogen) atoms. The van der Waals surface area contributed by atoms with Crippen LogP contribution in [0.4, 0.5) is 27.5 Å². The van der Waals surface area contributed by atoms with Gasteiger partial charge in [0.15, 0.2) is 11.6 Å². The Hall–Kier alpha value is -4.00. The zero-order valence-corrected chi connectivity index (χ0v) is 20.7. The van der Waals surface area contributed by atoms with Gasteiger partial charge in [-0.15, -0.1) is 10.1 Å². The molecule has 198 valence electrons. The summed E-state index contributed by atoms with van der Waals surface area (Å²) < 4.78 is 14.5. The quantitative estimate of drug-likeness (QED) is 0.255. The van der Waals surface area contributed by atoms with Gasteiger partial charge >= 0.3 is 0 Å². The summed E-state index contributed by atoms with van der Waals surface area (Å²) in [5.41, 5.74) is 8.84. The van der Waals surface area contributed by atoms with Crippen molar-refractivity contribution in [2.75, 3.05) is 48.8 Å². The summed E-state index contributed by atoms with van der Waals surface area (Å²) in [6.45, 7) is 6.20. The molecule has 12 nitrogen and oxygen atoms in total. The second-order valence-corrected chi connectivity index (χ2v) is 9.59. The zero-order valence-electron chi connectivity index (χ0n) is 20.7. The fourth-order valence-electron chi connectivity index (χ4n) is 5.36. The van der Waals surface area contributed by atoms with Crippen LogP contribution in [0, 0.1) is 40.6 Å². The van der Waals surface area contributed by atoms with Gasteiger partial charge in [0.1, 0.15) is 0 Å². The number of benzene rings is 1. The third-order valence-corrected chi connectivity index (χ3v) is 7.13. The number of nitrogens with one attached hydrogen (secondary N) is 2. The number of allylic oxidation sites excluding steroid dienone is 1. The molecule has 1 aromatic carbocycles. The number of carbonyl (C=O) groups is 1. The zero-order chi connectivity index (χ0) is 26.7. The van der Waals surface area contributed by atoms with E-state index in [0.29, 0.717) is 5.95 Å². The summed E-state index contributed by atoms with van der Waals surface area (Å²) in [5.74, 6) is -0.673. The molecule has 0 unspecified atom stereocenters. The van der Waals surface area contributed by atoms with Crippen LogP contribution < -0.4 is 21.3 Å². The summed E-state index contributed by atoms with van der Waals surface area (Å²) >= 11 is 0. The fourth-order valence-corrected chi connectivity index (χ4v) is 5.36. The van der Waals surface area contributed by atoms with Crippen LogP contribution in [0.2, 0.25) is 0 Å². The van der Waals surface area contributed by atoms with E-state index in [1.807, 2.05) is 12.1 Å². The van der Waals surface area contributed by atoms with Gasteiger partial charge in [0.25, 0.3) is 5.09 Å². The van der Waals surface area contributed by atoms with Crippen molar-refractivity contribution in [1.29, 1.82) is 0 Å². The van der Waals surface area contributed by atoms with E-state index in [1.165, 1.54) is 5.69 Å². The highest BCUT2D eigenvalue weighted by Gasteiger charge is 2.47. The SMILES string of the molecule is Cc1cc(Nc2ncc(F)c(N[C@H]3[C@@H](C(N)=O)[C@@H]4C=C[C@H]3C4)n2)ccc1N1CCN(C)CC1.O=[N+]([O-])O. The van der Waals surface area contributed by atoms with Crippen molar-refractivity contribution in [3.63, 3.8) is 0 Å². The van der Waals surface area contributed by atoms with Gasteiger partial charge < -0.3 is 31.4 Å². The van der Waals surface area contributed by atoms with E-state index >= 15 is 0 Å². The average molecular weight is 515 g/mol. The van der Waals surface area contributed by atoms with Crippen LogP contribution in [0.1, 0.15) is 12.0 Å². The van der Waals surface area contributed by atoms with E-state index in [2.05, 4.69) is 62.6 Å². The molecule has 2 aromatic rings. The molecular weight excluding hydrogens is 483 g/mol. The summed E-state index contributed by atoms with van der Waals surface area (Å²) in [4.78, 5) is 33.5. The Balaban J connectivity index is 0.000000747. The van der Waals surface area contributed by atoms with Crippen molar-refractivity contribution in [3.05, 3.63) is 58.0 Å². The van der Waals surface area contributed by atoms with Gasteiger partial charge in [-0.05, 0) is 56.0 Å². The maximum absolute atomic E-state index is 14.5. The monoisotopic (exact) mass is 514 g/mol. The Kier molecular flexibility index (Phi) is 7.71. The van der Waals surface area contributed by atoms with E-state index in [1.54, 1.807) is 0 Å². The number of anilines is 4. The van der Waals surface area contributed by atoms with E-state index in [-0.39, 0.29) is 35.5 Å². The Morgan fingerprint density at radius 3 is 2.57 bits per heavy atom. The lowest BCUT2D eigenvalue weighted by Crippen LogP contribution is -2.44. The van der Waals surface area contributed by atoms with E-state index in [9.17, 15) is 9.18 Å². The van der Waals surface area contributed by atoms with Crippen LogP contribution in [0.3, 0.4) is 0 Å². The summed E-state index contributed by atoms with van der Waals surface area (Å²) in [7, 11) is 2.14. The van der Waals surface area contributed by atoms with Gasteiger partial charge in [-0.3, -0.25) is 4.79 Å². The van der Waals surface area contributed by atoms with Crippen LogP contribution in [-0.2, 0) is 4.79 Å². The summed E-state index contributed by atoms with van der Waals surface area (Å²) in [6.07, 6.45) is 6.11. The van der Waals surface area contributed by atoms with Crippen LogP contribution in [0.15, 0.2) is 36.5 Å². The Morgan fingerprint density at radius 2 is 1.92 bits per heavy atom. The van der Waals surface area contributed by atoms with E-state index < -0.39 is 10.9 Å². The Bertz CT molecular complexity index is 1180. The first-order valence-electron chi connectivity index (χ1n) is 12.0. The van der Waals surface area contributed by atoms with Crippen molar-refractivity contribution in [2.45, 2.75) is 19.4 Å². The maximum atomic E-state index is 14.5.